The fourth-order valence-electron chi connectivity index (χ4n) is 2.32. The Labute approximate surface area is 124 Å². The number of rotatable bonds is 5. The Hall–Kier alpha value is -2.21. The number of hydrogen-bond acceptors (Lipinski definition) is 6. The first-order valence-electron chi connectivity index (χ1n) is 7.19. The van der Waals surface area contributed by atoms with E-state index in [1.54, 1.807) is 13.2 Å². The average molecular weight is 285 g/mol. The van der Waals surface area contributed by atoms with Gasteiger partial charge in [-0.2, -0.15) is 4.98 Å². The highest BCUT2D eigenvalue weighted by atomic mass is 16.5. The Balaban J connectivity index is 1.79. The number of pyridine rings is 1. The zero-order chi connectivity index (χ0) is 14.5. The second-order valence-electron chi connectivity index (χ2n) is 4.94. The SMILES string of the molecule is CNc1nc(NC[C@@H]2CCCO2)cc(-c2ccccn2)n1. The van der Waals surface area contributed by atoms with Crippen LogP contribution in [0.15, 0.2) is 30.5 Å². The molecule has 110 valence electrons. The standard InChI is InChI=1S/C15H19N5O/c1-16-15-19-13(12-6-2-3-7-17-12)9-14(20-15)18-10-11-5-4-8-21-11/h2-3,6-7,9,11H,4-5,8,10H2,1H3,(H2,16,18,19,20)/t11-/m0/s1. The lowest BCUT2D eigenvalue weighted by atomic mass is 10.2. The van der Waals surface area contributed by atoms with Crippen LogP contribution in [-0.4, -0.2) is 41.3 Å². The van der Waals surface area contributed by atoms with Crippen LogP contribution in [-0.2, 0) is 4.74 Å². The molecule has 0 unspecified atom stereocenters. The van der Waals surface area contributed by atoms with Crippen molar-refractivity contribution in [1.29, 1.82) is 0 Å². The highest BCUT2D eigenvalue weighted by Crippen LogP contribution is 2.20. The van der Waals surface area contributed by atoms with Gasteiger partial charge in [-0.05, 0) is 25.0 Å². The third-order valence-corrected chi connectivity index (χ3v) is 3.41. The molecule has 0 aromatic carbocycles. The van der Waals surface area contributed by atoms with Crippen molar-refractivity contribution in [2.45, 2.75) is 18.9 Å². The Morgan fingerprint density at radius 3 is 2.95 bits per heavy atom. The summed E-state index contributed by atoms with van der Waals surface area (Å²) >= 11 is 0. The van der Waals surface area contributed by atoms with E-state index in [2.05, 4.69) is 25.6 Å². The van der Waals surface area contributed by atoms with Crippen molar-refractivity contribution in [3.8, 4) is 11.4 Å². The molecular weight excluding hydrogens is 266 g/mol. The molecule has 1 atom stereocenters. The molecule has 0 saturated carbocycles. The van der Waals surface area contributed by atoms with Crippen LogP contribution < -0.4 is 10.6 Å². The molecule has 2 aromatic heterocycles. The molecule has 2 aromatic rings. The summed E-state index contributed by atoms with van der Waals surface area (Å²) in [5, 5.41) is 6.31. The van der Waals surface area contributed by atoms with Crippen LogP contribution in [0.25, 0.3) is 11.4 Å². The van der Waals surface area contributed by atoms with E-state index in [4.69, 9.17) is 4.74 Å². The molecule has 0 bridgehead atoms. The Kier molecular flexibility index (Phi) is 4.25. The Morgan fingerprint density at radius 1 is 1.29 bits per heavy atom. The Morgan fingerprint density at radius 2 is 2.24 bits per heavy atom. The topological polar surface area (TPSA) is 72.0 Å². The molecule has 3 rings (SSSR count). The third-order valence-electron chi connectivity index (χ3n) is 3.41. The van der Waals surface area contributed by atoms with Gasteiger partial charge in [0.25, 0.3) is 0 Å². The van der Waals surface area contributed by atoms with Crippen LogP contribution in [0.2, 0.25) is 0 Å². The summed E-state index contributed by atoms with van der Waals surface area (Å²) in [7, 11) is 1.81. The summed E-state index contributed by atoms with van der Waals surface area (Å²) in [4.78, 5) is 13.2. The van der Waals surface area contributed by atoms with Crippen molar-refractivity contribution < 1.29 is 4.74 Å². The predicted octanol–water partition coefficient (Wildman–Crippen LogP) is 2.17. The van der Waals surface area contributed by atoms with Gasteiger partial charge in [-0.25, -0.2) is 4.98 Å². The van der Waals surface area contributed by atoms with Gasteiger partial charge in [0.05, 0.1) is 17.5 Å². The fourth-order valence-corrected chi connectivity index (χ4v) is 2.32. The molecule has 0 spiro atoms. The first-order valence-corrected chi connectivity index (χ1v) is 7.19. The summed E-state index contributed by atoms with van der Waals surface area (Å²) in [5.41, 5.74) is 1.63. The minimum atomic E-state index is 0.274. The normalized spacial score (nSPS) is 17.7. The molecule has 2 N–H and O–H groups in total. The quantitative estimate of drug-likeness (QED) is 0.877. The lowest BCUT2D eigenvalue weighted by molar-refractivity contribution is 0.120. The summed E-state index contributed by atoms with van der Waals surface area (Å²) < 4.78 is 5.61. The number of nitrogens with zero attached hydrogens (tertiary/aromatic N) is 3. The largest absolute Gasteiger partial charge is 0.376 e. The van der Waals surface area contributed by atoms with Crippen molar-refractivity contribution in [3.63, 3.8) is 0 Å². The van der Waals surface area contributed by atoms with E-state index < -0.39 is 0 Å². The molecule has 6 heteroatoms. The molecule has 1 aliphatic rings. The molecule has 1 saturated heterocycles. The van der Waals surface area contributed by atoms with E-state index >= 15 is 0 Å². The molecule has 1 fully saturated rings. The van der Waals surface area contributed by atoms with E-state index in [0.717, 1.165) is 43.2 Å². The zero-order valence-electron chi connectivity index (χ0n) is 12.0. The maximum atomic E-state index is 5.61. The van der Waals surface area contributed by atoms with E-state index in [0.29, 0.717) is 5.95 Å². The van der Waals surface area contributed by atoms with Crippen molar-refractivity contribution in [2.75, 3.05) is 30.8 Å². The maximum absolute atomic E-state index is 5.61. The molecule has 0 amide bonds. The molecule has 0 radical (unpaired) electrons. The average Bonchev–Trinajstić information content (AvgIpc) is 3.07. The van der Waals surface area contributed by atoms with E-state index in [1.165, 1.54) is 0 Å². The van der Waals surface area contributed by atoms with Crippen molar-refractivity contribution in [2.24, 2.45) is 0 Å². The minimum absolute atomic E-state index is 0.274. The minimum Gasteiger partial charge on any atom is -0.376 e. The summed E-state index contributed by atoms with van der Waals surface area (Å²) in [6.07, 6.45) is 4.27. The van der Waals surface area contributed by atoms with Gasteiger partial charge in [-0.15, -0.1) is 0 Å². The second-order valence-corrected chi connectivity index (χ2v) is 4.94. The lowest BCUT2D eigenvalue weighted by Gasteiger charge is -2.13. The van der Waals surface area contributed by atoms with Gasteiger partial charge >= 0.3 is 0 Å². The predicted molar refractivity (Wildman–Crippen MR) is 82.3 cm³/mol. The van der Waals surface area contributed by atoms with Gasteiger partial charge < -0.3 is 15.4 Å². The van der Waals surface area contributed by atoms with Gasteiger partial charge in [0.1, 0.15) is 5.82 Å². The van der Waals surface area contributed by atoms with E-state index in [9.17, 15) is 0 Å². The smallest absolute Gasteiger partial charge is 0.224 e. The number of aromatic nitrogens is 3. The molecule has 21 heavy (non-hydrogen) atoms. The van der Waals surface area contributed by atoms with Crippen molar-refractivity contribution in [3.05, 3.63) is 30.5 Å². The van der Waals surface area contributed by atoms with E-state index in [1.807, 2.05) is 24.3 Å². The summed E-state index contributed by atoms with van der Waals surface area (Å²) in [5.74, 6) is 1.36. The molecular formula is C15H19N5O. The number of ether oxygens (including phenoxy) is 1. The van der Waals surface area contributed by atoms with Gasteiger partial charge in [0.15, 0.2) is 0 Å². The van der Waals surface area contributed by atoms with Crippen molar-refractivity contribution in [1.82, 2.24) is 15.0 Å². The molecule has 3 heterocycles. The van der Waals surface area contributed by atoms with Crippen molar-refractivity contribution >= 4 is 11.8 Å². The van der Waals surface area contributed by atoms with Gasteiger partial charge in [0.2, 0.25) is 5.95 Å². The van der Waals surface area contributed by atoms with E-state index in [-0.39, 0.29) is 6.10 Å². The van der Waals surface area contributed by atoms with Gasteiger partial charge in [-0.3, -0.25) is 4.98 Å². The van der Waals surface area contributed by atoms with Gasteiger partial charge in [0, 0.05) is 32.5 Å². The van der Waals surface area contributed by atoms with Crippen LogP contribution in [0.5, 0.6) is 0 Å². The number of hydrogen-bond donors (Lipinski definition) is 2. The first-order chi connectivity index (χ1) is 10.3. The summed E-state index contributed by atoms with van der Waals surface area (Å²) in [6, 6.07) is 7.69. The third kappa shape index (κ3) is 3.46. The highest BCUT2D eigenvalue weighted by Gasteiger charge is 2.15. The van der Waals surface area contributed by atoms with Crippen LogP contribution in [0.4, 0.5) is 11.8 Å². The number of anilines is 2. The number of nitrogens with one attached hydrogen (secondary N) is 2. The van der Waals surface area contributed by atoms with Crippen LogP contribution >= 0.6 is 0 Å². The lowest BCUT2D eigenvalue weighted by Crippen LogP contribution is -2.19. The van der Waals surface area contributed by atoms with Crippen LogP contribution in [0.3, 0.4) is 0 Å². The monoisotopic (exact) mass is 285 g/mol. The molecule has 6 nitrogen and oxygen atoms in total. The maximum Gasteiger partial charge on any atom is 0.224 e. The molecule has 1 aliphatic heterocycles. The fraction of sp³-hybridized carbons (Fsp3) is 0.400. The van der Waals surface area contributed by atoms with Gasteiger partial charge in [-0.1, -0.05) is 6.07 Å². The van der Waals surface area contributed by atoms with Crippen LogP contribution in [0.1, 0.15) is 12.8 Å². The first kappa shape index (κ1) is 13.8. The molecule has 0 aliphatic carbocycles. The van der Waals surface area contributed by atoms with Crippen LogP contribution in [0, 0.1) is 0 Å². The highest BCUT2D eigenvalue weighted by molar-refractivity contribution is 5.60. The zero-order valence-corrected chi connectivity index (χ0v) is 12.0. The summed E-state index contributed by atoms with van der Waals surface area (Å²) in [6.45, 7) is 1.62. The Bertz CT molecular complexity index is 584. The second kappa shape index (κ2) is 6.49.